The normalized spacial score (nSPS) is 22.0. The van der Waals surface area contributed by atoms with Gasteiger partial charge in [0.05, 0.1) is 6.42 Å². The molecule has 8 unspecified atom stereocenters. The molecule has 0 spiro atoms. The molecule has 0 saturated carbocycles. The Bertz CT molecular complexity index is 2410. The second-order valence-corrected chi connectivity index (χ2v) is 20.4. The van der Waals surface area contributed by atoms with E-state index in [-0.39, 0.29) is 74.8 Å². The number of rotatable bonds is 19. The van der Waals surface area contributed by atoms with E-state index in [4.69, 9.17) is 28.7 Å². The van der Waals surface area contributed by atoms with E-state index in [0.717, 1.165) is 21.6 Å². The number of phenolic OH excluding ortho intramolecular Hbond substituents is 1. The smallest absolute Gasteiger partial charge is 0.246 e. The second-order valence-electron chi connectivity index (χ2n) is 17.8. The maximum absolute atomic E-state index is 14.6. The lowest BCUT2D eigenvalue weighted by molar-refractivity contribution is -0.142. The van der Waals surface area contributed by atoms with Crippen molar-refractivity contribution in [3.63, 3.8) is 0 Å². The number of hydrogen-bond acceptors (Lipinski definition) is 15. The van der Waals surface area contributed by atoms with E-state index in [2.05, 4.69) is 42.2 Å². The topological polar surface area (TPSA) is 438 Å². The summed E-state index contributed by atoms with van der Waals surface area (Å²) in [6, 6.07) is 3.38. The maximum atomic E-state index is 14.6. The molecule has 75 heavy (non-hydrogen) atoms. The first-order valence-corrected chi connectivity index (χ1v) is 26.5. The molecule has 4 rings (SSSR count). The van der Waals surface area contributed by atoms with Crippen LogP contribution in [-0.2, 0) is 65.6 Å². The molecule has 2 aliphatic heterocycles. The summed E-state index contributed by atoms with van der Waals surface area (Å²) in [5, 5.41) is 27.9. The van der Waals surface area contributed by atoms with Gasteiger partial charge in [0.2, 0.25) is 65.0 Å². The first-order chi connectivity index (χ1) is 35.6. The van der Waals surface area contributed by atoms with Crippen LogP contribution in [-0.4, -0.2) is 154 Å². The Hall–Kier alpha value is -7.62. The molecule has 0 radical (unpaired) electrons. The number of carbonyl (C=O) groups is 11. The van der Waals surface area contributed by atoms with Crippen molar-refractivity contribution in [2.45, 2.75) is 119 Å². The lowest BCUT2D eigenvalue weighted by Crippen LogP contribution is -2.61. The Labute approximate surface area is 440 Å². The molecule has 2 heterocycles. The van der Waals surface area contributed by atoms with Crippen LogP contribution in [0.1, 0.15) is 69.4 Å². The van der Waals surface area contributed by atoms with Gasteiger partial charge in [0.1, 0.15) is 54.1 Å². The zero-order valence-electron chi connectivity index (χ0n) is 41.3. The molecular formula is C47H66N14O12S2. The highest BCUT2D eigenvalue weighted by atomic mass is 33.1. The molecule has 2 aliphatic rings. The Morgan fingerprint density at radius 3 is 1.97 bits per heavy atom. The standard InChI is InChI=1S/C47H66N14O12S2/c1-25(39(50)66)54-40(67)29(9-5-18-53-47(51)52)57-45(72)35-10-6-19-61(35)46(73)34-24-75-74-20-17-38(65)55-31(22-27-11-13-28(62)14-12-27)42(69)58-32(21-26-7-3-2-4-8-26)43(70)56-30(15-16-36(48)63)41(68)59-33(23-37(49)64)44(71)60-34/h2-4,7-8,11-14,25,29-35,62H,5-6,9-10,15-24H2,1H3,(H2,48,63)(H2,49,64)(H2,50,66)(H,54,67)(H,55,65)(H,56,70)(H,57,72)(H,58,69)(H,59,68)(H,60,71)(H4,51,52,53). The van der Waals surface area contributed by atoms with E-state index >= 15 is 0 Å². The van der Waals surface area contributed by atoms with Gasteiger partial charge in [0.25, 0.3) is 0 Å². The number of aromatic hydroxyl groups is 1. The van der Waals surface area contributed by atoms with Crippen molar-refractivity contribution in [1.29, 1.82) is 0 Å². The SMILES string of the molecule is CC(NC(=O)C(CCCN=C(N)N)NC(=O)C1CCCN1C(=O)C1CSSCCC(=O)NC(Cc2ccc(O)cc2)C(=O)NC(Cc2ccccc2)C(=O)NC(CCC(N)=O)C(=O)NC(CC(N)=O)C(=O)N1)C(N)=O. The van der Waals surface area contributed by atoms with E-state index in [1.165, 1.54) is 24.0 Å². The fraction of sp³-hybridized carbons (Fsp3) is 0.489. The molecule has 2 fully saturated rings. The van der Waals surface area contributed by atoms with Gasteiger partial charge in [-0.2, -0.15) is 0 Å². The number of guanidine groups is 1. The number of amides is 11. The zero-order chi connectivity index (χ0) is 55.2. The molecule has 8 atom stereocenters. The van der Waals surface area contributed by atoms with Crippen molar-refractivity contribution in [3.8, 4) is 5.75 Å². The van der Waals surface area contributed by atoms with Crippen molar-refractivity contribution >= 4 is 92.5 Å². The largest absolute Gasteiger partial charge is 0.508 e. The predicted molar refractivity (Wildman–Crippen MR) is 277 cm³/mol. The number of carbonyl (C=O) groups excluding carboxylic acids is 11. The minimum atomic E-state index is -1.77. The van der Waals surface area contributed by atoms with Gasteiger partial charge in [-0.3, -0.25) is 57.7 Å². The summed E-state index contributed by atoms with van der Waals surface area (Å²) in [6.07, 6.45) is -1.36. The molecule has 28 heteroatoms. The molecule has 0 aliphatic carbocycles. The Balaban J connectivity index is 1.69. The van der Waals surface area contributed by atoms with Crippen molar-refractivity contribution < 1.29 is 57.8 Å². The monoisotopic (exact) mass is 1080 g/mol. The summed E-state index contributed by atoms with van der Waals surface area (Å²) < 4.78 is 0. The fourth-order valence-electron chi connectivity index (χ4n) is 7.87. The summed E-state index contributed by atoms with van der Waals surface area (Å²) >= 11 is 0. The van der Waals surface area contributed by atoms with Gasteiger partial charge in [0, 0.05) is 50.3 Å². The number of aliphatic imine (C=N–C) groups is 1. The number of phenols is 1. The number of benzene rings is 2. The Kier molecular flexibility index (Phi) is 23.9. The summed E-state index contributed by atoms with van der Waals surface area (Å²) in [6.45, 7) is 1.47. The molecule has 2 aromatic rings. The maximum Gasteiger partial charge on any atom is 0.246 e. The molecule has 0 aromatic heterocycles. The number of nitrogens with two attached hydrogens (primary N) is 5. The van der Waals surface area contributed by atoms with Gasteiger partial charge in [-0.05, 0) is 62.3 Å². The van der Waals surface area contributed by atoms with Gasteiger partial charge in [-0.15, -0.1) is 0 Å². The number of hydrogen-bond donors (Lipinski definition) is 13. The van der Waals surface area contributed by atoms with Crippen LogP contribution in [0.3, 0.4) is 0 Å². The molecule has 0 bridgehead atoms. The third kappa shape index (κ3) is 20.3. The third-order valence-electron chi connectivity index (χ3n) is 11.8. The van der Waals surface area contributed by atoms with E-state index < -0.39 is 133 Å². The van der Waals surface area contributed by atoms with Gasteiger partial charge in [-0.25, -0.2) is 0 Å². The molecule has 26 nitrogen and oxygen atoms in total. The van der Waals surface area contributed by atoms with Crippen LogP contribution >= 0.6 is 21.6 Å². The first-order valence-electron chi connectivity index (χ1n) is 24.0. The van der Waals surface area contributed by atoms with Crippen molar-refractivity contribution in [1.82, 2.24) is 42.1 Å². The van der Waals surface area contributed by atoms with Gasteiger partial charge in [-0.1, -0.05) is 64.1 Å². The quantitative estimate of drug-likeness (QED) is 0.0276. The van der Waals surface area contributed by atoms with E-state index in [1.54, 1.807) is 42.5 Å². The Morgan fingerprint density at radius 2 is 1.35 bits per heavy atom. The summed E-state index contributed by atoms with van der Waals surface area (Å²) in [5.74, 6) is -9.76. The predicted octanol–water partition coefficient (Wildman–Crippen LogP) is -3.95. The van der Waals surface area contributed by atoms with Crippen LogP contribution in [0.25, 0.3) is 0 Å². The lowest BCUT2D eigenvalue weighted by Gasteiger charge is -2.31. The fourth-order valence-corrected chi connectivity index (χ4v) is 10.0. The molecule has 11 amide bonds. The summed E-state index contributed by atoms with van der Waals surface area (Å²) in [5.41, 5.74) is 28.3. The van der Waals surface area contributed by atoms with Crippen molar-refractivity contribution in [2.24, 2.45) is 33.7 Å². The lowest BCUT2D eigenvalue weighted by atomic mass is 10.0. The first kappa shape index (κ1) is 59.9. The van der Waals surface area contributed by atoms with Crippen LogP contribution < -0.4 is 65.9 Å². The van der Waals surface area contributed by atoms with Crippen LogP contribution in [0.2, 0.25) is 0 Å². The van der Waals surface area contributed by atoms with Crippen LogP contribution in [0, 0.1) is 0 Å². The van der Waals surface area contributed by atoms with Gasteiger partial charge in [0.15, 0.2) is 5.96 Å². The molecule has 2 saturated heterocycles. The van der Waals surface area contributed by atoms with Crippen LogP contribution in [0.4, 0.5) is 0 Å². The molecule has 18 N–H and O–H groups in total. The average Bonchev–Trinajstić information content (AvgIpc) is 3.85. The van der Waals surface area contributed by atoms with E-state index in [0.29, 0.717) is 17.5 Å². The number of primary amides is 3. The number of likely N-dealkylation sites (tertiary alicyclic amines) is 1. The Morgan fingerprint density at radius 1 is 0.747 bits per heavy atom. The van der Waals surface area contributed by atoms with Crippen molar-refractivity contribution in [3.05, 3.63) is 65.7 Å². The number of nitrogens with zero attached hydrogens (tertiary/aromatic N) is 2. The van der Waals surface area contributed by atoms with E-state index in [1.807, 2.05) is 0 Å². The molecule has 2 aromatic carbocycles. The zero-order valence-corrected chi connectivity index (χ0v) is 42.9. The highest BCUT2D eigenvalue weighted by Gasteiger charge is 2.40. The van der Waals surface area contributed by atoms with Gasteiger partial charge >= 0.3 is 0 Å². The van der Waals surface area contributed by atoms with E-state index in [9.17, 15) is 57.8 Å². The highest BCUT2D eigenvalue weighted by Crippen LogP contribution is 2.26. The summed E-state index contributed by atoms with van der Waals surface area (Å²) in [7, 11) is 2.19. The second kappa shape index (κ2) is 29.9. The minimum Gasteiger partial charge on any atom is -0.508 e. The van der Waals surface area contributed by atoms with Crippen LogP contribution in [0.5, 0.6) is 5.75 Å². The van der Waals surface area contributed by atoms with Crippen LogP contribution in [0.15, 0.2) is 59.6 Å². The third-order valence-corrected chi connectivity index (χ3v) is 14.3. The summed E-state index contributed by atoms with van der Waals surface area (Å²) in [4.78, 5) is 154. The average molecular weight is 1080 g/mol. The molecule has 408 valence electrons. The van der Waals surface area contributed by atoms with Crippen molar-refractivity contribution in [2.75, 3.05) is 24.6 Å². The minimum absolute atomic E-state index is 0.00560. The highest BCUT2D eigenvalue weighted by molar-refractivity contribution is 8.76. The molecular weight excluding hydrogens is 1020 g/mol. The number of nitrogens with one attached hydrogen (secondary N) is 7. The van der Waals surface area contributed by atoms with Gasteiger partial charge < -0.3 is 75.9 Å².